The second-order valence-corrected chi connectivity index (χ2v) is 9.87. The molecular weight excluding hydrogens is 492 g/mol. The van der Waals surface area contributed by atoms with E-state index in [0.717, 1.165) is 56.1 Å². The van der Waals surface area contributed by atoms with Crippen molar-refractivity contribution in [2.75, 3.05) is 11.7 Å². The Hall–Kier alpha value is -3.55. The van der Waals surface area contributed by atoms with Gasteiger partial charge in [0.2, 0.25) is 6.79 Å². The van der Waals surface area contributed by atoms with Crippen LogP contribution in [0.1, 0.15) is 40.3 Å². The number of hydrogen-bond donors (Lipinski definition) is 1. The largest absolute Gasteiger partial charge is 0.454 e. The molecule has 0 spiro atoms. The molecule has 0 unspecified atom stereocenters. The average molecular weight is 517 g/mol. The fourth-order valence-corrected chi connectivity index (χ4v) is 5.80. The Balaban J connectivity index is 1.53. The molecule has 8 heteroatoms. The molecule has 0 saturated carbocycles. The zero-order valence-corrected chi connectivity index (χ0v) is 21.7. The lowest BCUT2D eigenvalue weighted by Gasteiger charge is -2.28. The molecule has 4 aromatic rings. The monoisotopic (exact) mass is 516 g/mol. The molecule has 36 heavy (non-hydrogen) atoms. The molecule has 0 aliphatic carbocycles. The molecule has 2 aliphatic rings. The summed E-state index contributed by atoms with van der Waals surface area (Å²) in [6.45, 7) is 6.55. The highest BCUT2D eigenvalue weighted by Crippen LogP contribution is 2.46. The van der Waals surface area contributed by atoms with Gasteiger partial charge in [-0.1, -0.05) is 23.7 Å². The van der Waals surface area contributed by atoms with Crippen LogP contribution in [0.4, 0.5) is 5.69 Å². The molecule has 0 radical (unpaired) electrons. The SMILES string of the molecule is Cc1c(Cl)cccc1-n1c(C)cc([C@H]2[C@H](c3ccccn3)NC(=S)N2c2ccc3c(c2)OCO3)c1C. The summed E-state index contributed by atoms with van der Waals surface area (Å²) in [4.78, 5) is 6.84. The van der Waals surface area contributed by atoms with E-state index in [2.05, 4.69) is 52.7 Å². The Labute approximate surface area is 220 Å². The van der Waals surface area contributed by atoms with E-state index < -0.39 is 0 Å². The third-order valence-corrected chi connectivity index (χ3v) is 7.73. The van der Waals surface area contributed by atoms with Gasteiger partial charge in [-0.15, -0.1) is 0 Å². The predicted molar refractivity (Wildman–Crippen MR) is 145 cm³/mol. The number of hydrogen-bond acceptors (Lipinski definition) is 4. The fraction of sp³-hybridized carbons (Fsp3) is 0.214. The Kier molecular flexibility index (Phi) is 5.62. The highest BCUT2D eigenvalue weighted by Gasteiger charge is 2.42. The summed E-state index contributed by atoms with van der Waals surface area (Å²) in [5.41, 5.74) is 7.38. The van der Waals surface area contributed by atoms with Gasteiger partial charge in [-0.05, 0) is 86.6 Å². The van der Waals surface area contributed by atoms with Crippen LogP contribution in [0.25, 0.3) is 5.69 Å². The van der Waals surface area contributed by atoms with Gasteiger partial charge >= 0.3 is 0 Å². The van der Waals surface area contributed by atoms with Crippen molar-refractivity contribution >= 4 is 34.6 Å². The number of anilines is 1. The molecule has 182 valence electrons. The first-order chi connectivity index (χ1) is 17.4. The maximum atomic E-state index is 6.50. The predicted octanol–water partition coefficient (Wildman–Crippen LogP) is 6.36. The molecule has 6 nitrogen and oxygen atoms in total. The lowest BCUT2D eigenvalue weighted by atomic mass is 9.96. The van der Waals surface area contributed by atoms with Crippen molar-refractivity contribution in [2.24, 2.45) is 0 Å². The van der Waals surface area contributed by atoms with E-state index in [9.17, 15) is 0 Å². The lowest BCUT2D eigenvalue weighted by Crippen LogP contribution is -2.29. The molecule has 0 amide bonds. The minimum Gasteiger partial charge on any atom is -0.454 e. The number of ether oxygens (including phenoxy) is 2. The van der Waals surface area contributed by atoms with Crippen LogP contribution >= 0.6 is 23.8 Å². The standard InChI is InChI=1S/C28H25ClN4O2S/c1-16-13-20(18(3)32(16)23-9-6-7-21(29)17(23)2)27-26(22-8-4-5-12-30-22)31-28(36)33(27)19-10-11-24-25(14-19)35-15-34-24/h4-14,26-27H,15H2,1-3H3,(H,31,36)/t26-,27-/m0/s1. The summed E-state index contributed by atoms with van der Waals surface area (Å²) in [7, 11) is 0. The molecule has 2 aliphatic heterocycles. The summed E-state index contributed by atoms with van der Waals surface area (Å²) in [6.07, 6.45) is 1.82. The van der Waals surface area contributed by atoms with Crippen LogP contribution in [-0.4, -0.2) is 21.5 Å². The van der Waals surface area contributed by atoms with Crippen molar-refractivity contribution in [1.82, 2.24) is 14.9 Å². The molecular formula is C28H25ClN4O2S. The number of nitrogens with zero attached hydrogens (tertiary/aromatic N) is 3. The van der Waals surface area contributed by atoms with Gasteiger partial charge in [0, 0.05) is 40.0 Å². The first-order valence-electron chi connectivity index (χ1n) is 11.8. The zero-order valence-electron chi connectivity index (χ0n) is 20.2. The Morgan fingerprint density at radius 3 is 2.64 bits per heavy atom. The molecule has 2 aromatic carbocycles. The molecule has 1 fully saturated rings. The van der Waals surface area contributed by atoms with Crippen LogP contribution in [0.15, 0.2) is 66.9 Å². The van der Waals surface area contributed by atoms with E-state index in [1.807, 2.05) is 54.7 Å². The summed E-state index contributed by atoms with van der Waals surface area (Å²) in [6, 6.07) is 19.9. The second kappa shape index (κ2) is 8.84. The molecule has 4 heterocycles. The number of fused-ring (bicyclic) bond motifs is 1. The van der Waals surface area contributed by atoms with Gasteiger partial charge < -0.3 is 24.3 Å². The zero-order chi connectivity index (χ0) is 25.0. The van der Waals surface area contributed by atoms with Crippen molar-refractivity contribution in [3.05, 3.63) is 100 Å². The number of halogens is 1. The van der Waals surface area contributed by atoms with Crippen LogP contribution < -0.4 is 19.7 Å². The summed E-state index contributed by atoms with van der Waals surface area (Å²) in [5.74, 6) is 1.46. The molecule has 0 bridgehead atoms. The van der Waals surface area contributed by atoms with E-state index in [-0.39, 0.29) is 18.9 Å². The first-order valence-corrected chi connectivity index (χ1v) is 12.6. The molecule has 1 N–H and O–H groups in total. The van der Waals surface area contributed by atoms with E-state index in [1.54, 1.807) is 0 Å². The van der Waals surface area contributed by atoms with E-state index >= 15 is 0 Å². The Morgan fingerprint density at radius 1 is 1.00 bits per heavy atom. The third-order valence-electron chi connectivity index (χ3n) is 7.00. The Bertz CT molecular complexity index is 1490. The smallest absolute Gasteiger partial charge is 0.231 e. The van der Waals surface area contributed by atoms with Crippen molar-refractivity contribution < 1.29 is 9.47 Å². The van der Waals surface area contributed by atoms with E-state index in [1.165, 1.54) is 0 Å². The van der Waals surface area contributed by atoms with Crippen molar-refractivity contribution in [3.8, 4) is 17.2 Å². The number of thiocarbonyl (C=S) groups is 1. The summed E-state index contributed by atoms with van der Waals surface area (Å²) < 4.78 is 13.5. The van der Waals surface area contributed by atoms with Crippen LogP contribution in [0.5, 0.6) is 11.5 Å². The number of pyridine rings is 1. The highest BCUT2D eigenvalue weighted by atomic mass is 35.5. The first kappa shape index (κ1) is 22.9. The van der Waals surface area contributed by atoms with Gasteiger partial charge in [-0.2, -0.15) is 0 Å². The van der Waals surface area contributed by atoms with Crippen molar-refractivity contribution in [2.45, 2.75) is 32.9 Å². The van der Waals surface area contributed by atoms with Gasteiger partial charge in [0.15, 0.2) is 16.6 Å². The van der Waals surface area contributed by atoms with Crippen LogP contribution in [0.2, 0.25) is 5.02 Å². The van der Waals surface area contributed by atoms with E-state index in [4.69, 9.17) is 33.3 Å². The highest BCUT2D eigenvalue weighted by molar-refractivity contribution is 7.80. The van der Waals surface area contributed by atoms with Crippen LogP contribution in [0, 0.1) is 20.8 Å². The van der Waals surface area contributed by atoms with E-state index in [0.29, 0.717) is 5.11 Å². The number of nitrogens with one attached hydrogen (secondary N) is 1. The number of benzene rings is 2. The second-order valence-electron chi connectivity index (χ2n) is 9.08. The minimum absolute atomic E-state index is 0.132. The quantitative estimate of drug-likeness (QED) is 0.319. The van der Waals surface area contributed by atoms with Gasteiger partial charge in [0.05, 0.1) is 17.8 Å². The van der Waals surface area contributed by atoms with Gasteiger partial charge in [0.25, 0.3) is 0 Å². The summed E-state index contributed by atoms with van der Waals surface area (Å²) >= 11 is 12.4. The van der Waals surface area contributed by atoms with Gasteiger partial charge in [-0.25, -0.2) is 0 Å². The van der Waals surface area contributed by atoms with Crippen molar-refractivity contribution in [3.63, 3.8) is 0 Å². The maximum Gasteiger partial charge on any atom is 0.231 e. The topological polar surface area (TPSA) is 51.6 Å². The molecule has 2 aromatic heterocycles. The van der Waals surface area contributed by atoms with Crippen LogP contribution in [-0.2, 0) is 0 Å². The number of rotatable bonds is 4. The van der Waals surface area contributed by atoms with Gasteiger partial charge in [-0.3, -0.25) is 4.98 Å². The lowest BCUT2D eigenvalue weighted by molar-refractivity contribution is 0.174. The minimum atomic E-state index is -0.140. The fourth-order valence-electron chi connectivity index (χ4n) is 5.28. The third kappa shape index (κ3) is 3.62. The van der Waals surface area contributed by atoms with Gasteiger partial charge in [0.1, 0.15) is 0 Å². The number of aromatic nitrogens is 2. The molecule has 1 saturated heterocycles. The molecule has 2 atom stereocenters. The van der Waals surface area contributed by atoms with Crippen LogP contribution in [0.3, 0.4) is 0 Å². The number of aryl methyl sites for hydroxylation is 1. The molecule has 6 rings (SSSR count). The average Bonchev–Trinajstić information content (AvgIpc) is 3.56. The van der Waals surface area contributed by atoms with Crippen molar-refractivity contribution in [1.29, 1.82) is 0 Å². The normalized spacial score (nSPS) is 18.6. The maximum absolute atomic E-state index is 6.50. The Morgan fingerprint density at radius 2 is 1.83 bits per heavy atom. The summed E-state index contributed by atoms with van der Waals surface area (Å²) in [5, 5.41) is 4.93.